The van der Waals surface area contributed by atoms with Gasteiger partial charge in [-0.1, -0.05) is 30.5 Å². The van der Waals surface area contributed by atoms with Gasteiger partial charge in [0, 0.05) is 16.6 Å². The van der Waals surface area contributed by atoms with E-state index in [-0.39, 0.29) is 5.82 Å². The van der Waals surface area contributed by atoms with E-state index in [1.54, 1.807) is 12.1 Å². The summed E-state index contributed by atoms with van der Waals surface area (Å²) >= 11 is 6.21. The maximum absolute atomic E-state index is 14.0. The lowest BCUT2D eigenvalue weighted by Crippen LogP contribution is -2.29. The highest BCUT2D eigenvalue weighted by molar-refractivity contribution is 6.31. The average molecular weight is 324 g/mol. The molecule has 0 bridgehead atoms. The fourth-order valence-electron chi connectivity index (χ4n) is 4.26. The molecule has 2 fully saturated rings. The molecule has 2 aliphatic carbocycles. The van der Waals surface area contributed by atoms with Crippen LogP contribution in [0.25, 0.3) is 0 Å². The van der Waals surface area contributed by atoms with Crippen LogP contribution in [0.4, 0.5) is 4.39 Å². The SMILES string of the molecule is Fc1cccc(Cl)c1C1CCC(CCNC2CCCC2)CC1. The molecule has 0 spiro atoms. The topological polar surface area (TPSA) is 12.0 Å². The second-order valence-corrected chi connectivity index (χ2v) is 7.48. The van der Waals surface area contributed by atoms with Crippen LogP contribution in [0, 0.1) is 11.7 Å². The molecule has 3 rings (SSSR count). The summed E-state index contributed by atoms with van der Waals surface area (Å²) in [6, 6.07) is 5.83. The summed E-state index contributed by atoms with van der Waals surface area (Å²) in [7, 11) is 0. The van der Waals surface area contributed by atoms with Gasteiger partial charge >= 0.3 is 0 Å². The van der Waals surface area contributed by atoms with Crippen molar-refractivity contribution in [1.82, 2.24) is 5.32 Å². The molecule has 0 aliphatic heterocycles. The predicted octanol–water partition coefficient (Wildman–Crippen LogP) is 5.68. The Labute approximate surface area is 138 Å². The minimum absolute atomic E-state index is 0.126. The second-order valence-electron chi connectivity index (χ2n) is 7.08. The zero-order valence-electron chi connectivity index (χ0n) is 13.3. The normalized spacial score (nSPS) is 26.5. The largest absolute Gasteiger partial charge is 0.314 e. The summed E-state index contributed by atoms with van der Waals surface area (Å²) in [5.74, 6) is 0.988. The van der Waals surface area contributed by atoms with Crippen molar-refractivity contribution >= 4 is 11.6 Å². The van der Waals surface area contributed by atoms with Gasteiger partial charge in [0.25, 0.3) is 0 Å². The van der Waals surface area contributed by atoms with Gasteiger partial charge in [-0.3, -0.25) is 0 Å². The first-order valence-electron chi connectivity index (χ1n) is 8.91. The minimum Gasteiger partial charge on any atom is -0.314 e. The van der Waals surface area contributed by atoms with E-state index in [2.05, 4.69) is 5.32 Å². The van der Waals surface area contributed by atoms with E-state index >= 15 is 0 Å². The van der Waals surface area contributed by atoms with E-state index in [1.807, 2.05) is 6.07 Å². The first kappa shape index (κ1) is 16.3. The van der Waals surface area contributed by atoms with Crippen LogP contribution in [-0.4, -0.2) is 12.6 Å². The monoisotopic (exact) mass is 323 g/mol. The molecule has 2 saturated carbocycles. The predicted molar refractivity (Wildman–Crippen MR) is 91.0 cm³/mol. The van der Waals surface area contributed by atoms with Crippen molar-refractivity contribution in [3.05, 3.63) is 34.6 Å². The lowest BCUT2D eigenvalue weighted by molar-refractivity contribution is 0.299. The zero-order chi connectivity index (χ0) is 15.4. The first-order chi connectivity index (χ1) is 10.7. The van der Waals surface area contributed by atoms with Gasteiger partial charge in [-0.2, -0.15) is 0 Å². The smallest absolute Gasteiger partial charge is 0.128 e. The van der Waals surface area contributed by atoms with Gasteiger partial charge in [-0.25, -0.2) is 4.39 Å². The molecule has 1 nitrogen and oxygen atoms in total. The molecular formula is C19H27ClFN. The van der Waals surface area contributed by atoms with E-state index in [0.29, 0.717) is 10.9 Å². The molecule has 0 radical (unpaired) electrons. The maximum Gasteiger partial charge on any atom is 0.128 e. The van der Waals surface area contributed by atoms with Crippen molar-refractivity contribution in [1.29, 1.82) is 0 Å². The molecule has 0 heterocycles. The van der Waals surface area contributed by atoms with Gasteiger partial charge in [0.15, 0.2) is 0 Å². The summed E-state index contributed by atoms with van der Waals surface area (Å²) in [6.07, 6.45) is 11.4. The molecule has 0 aromatic heterocycles. The Morgan fingerprint density at radius 2 is 1.77 bits per heavy atom. The molecule has 3 heteroatoms. The molecular weight excluding hydrogens is 297 g/mol. The van der Waals surface area contributed by atoms with E-state index in [0.717, 1.165) is 36.9 Å². The fraction of sp³-hybridized carbons (Fsp3) is 0.684. The van der Waals surface area contributed by atoms with Crippen LogP contribution in [-0.2, 0) is 0 Å². The quantitative estimate of drug-likeness (QED) is 0.735. The first-order valence-corrected chi connectivity index (χ1v) is 9.29. The Bertz CT molecular complexity index is 456. The lowest BCUT2D eigenvalue weighted by Gasteiger charge is -2.30. The van der Waals surface area contributed by atoms with Gasteiger partial charge in [-0.15, -0.1) is 0 Å². The van der Waals surface area contributed by atoms with Crippen LogP contribution in [0.1, 0.15) is 69.3 Å². The molecule has 22 heavy (non-hydrogen) atoms. The summed E-state index contributed by atoms with van der Waals surface area (Å²) in [5.41, 5.74) is 0.756. The van der Waals surface area contributed by atoms with Gasteiger partial charge in [-0.05, 0) is 75.5 Å². The van der Waals surface area contributed by atoms with E-state index in [1.165, 1.54) is 44.9 Å². The van der Waals surface area contributed by atoms with Crippen LogP contribution in [0.15, 0.2) is 18.2 Å². The average Bonchev–Trinajstić information content (AvgIpc) is 3.02. The Balaban J connectivity index is 1.44. The summed E-state index contributed by atoms with van der Waals surface area (Å²) in [5, 5.41) is 4.31. The number of halogens is 2. The second kappa shape index (κ2) is 7.79. The molecule has 0 unspecified atom stereocenters. The lowest BCUT2D eigenvalue weighted by atomic mass is 9.77. The summed E-state index contributed by atoms with van der Waals surface area (Å²) < 4.78 is 14.0. The number of hydrogen-bond acceptors (Lipinski definition) is 1. The molecule has 0 atom stereocenters. The van der Waals surface area contributed by atoms with Crippen molar-refractivity contribution in [2.45, 2.75) is 69.7 Å². The number of nitrogens with one attached hydrogen (secondary N) is 1. The Kier molecular flexibility index (Phi) is 5.76. The van der Waals surface area contributed by atoms with Crippen molar-refractivity contribution in [3.8, 4) is 0 Å². The number of rotatable bonds is 5. The zero-order valence-corrected chi connectivity index (χ0v) is 14.0. The van der Waals surface area contributed by atoms with E-state index in [9.17, 15) is 4.39 Å². The summed E-state index contributed by atoms with van der Waals surface area (Å²) in [6.45, 7) is 1.15. The Morgan fingerprint density at radius 1 is 1.05 bits per heavy atom. The van der Waals surface area contributed by atoms with Gasteiger partial charge in [0.2, 0.25) is 0 Å². The molecule has 122 valence electrons. The maximum atomic E-state index is 14.0. The number of benzene rings is 1. The molecule has 0 amide bonds. The molecule has 1 aromatic carbocycles. The van der Waals surface area contributed by atoms with Crippen LogP contribution in [0.3, 0.4) is 0 Å². The standard InChI is InChI=1S/C19H27ClFN/c20-17-6-3-7-18(21)19(17)15-10-8-14(9-11-15)12-13-22-16-4-1-2-5-16/h3,6-7,14-16,22H,1-2,4-5,8-13H2. The molecule has 0 saturated heterocycles. The third kappa shape index (κ3) is 4.02. The van der Waals surface area contributed by atoms with Crippen molar-refractivity contribution < 1.29 is 4.39 Å². The third-order valence-corrected chi connectivity index (χ3v) is 5.93. The van der Waals surface area contributed by atoms with Gasteiger partial charge < -0.3 is 5.32 Å². The van der Waals surface area contributed by atoms with Crippen molar-refractivity contribution in [3.63, 3.8) is 0 Å². The van der Waals surface area contributed by atoms with Gasteiger partial charge in [0.1, 0.15) is 5.82 Å². The van der Waals surface area contributed by atoms with Crippen molar-refractivity contribution in [2.24, 2.45) is 5.92 Å². The Morgan fingerprint density at radius 3 is 2.45 bits per heavy atom. The molecule has 1 N–H and O–H groups in total. The van der Waals surface area contributed by atoms with Crippen LogP contribution in [0.2, 0.25) is 5.02 Å². The number of hydrogen-bond donors (Lipinski definition) is 1. The third-order valence-electron chi connectivity index (χ3n) is 5.60. The Hall–Kier alpha value is -0.600. The van der Waals surface area contributed by atoms with E-state index in [4.69, 9.17) is 11.6 Å². The highest BCUT2D eigenvalue weighted by Gasteiger charge is 2.26. The van der Waals surface area contributed by atoms with Crippen LogP contribution in [0.5, 0.6) is 0 Å². The molecule has 1 aromatic rings. The fourth-order valence-corrected chi connectivity index (χ4v) is 4.58. The van der Waals surface area contributed by atoms with Crippen molar-refractivity contribution in [2.75, 3.05) is 6.54 Å². The minimum atomic E-state index is -0.126. The van der Waals surface area contributed by atoms with Crippen LogP contribution < -0.4 is 5.32 Å². The molecule has 2 aliphatic rings. The highest BCUT2D eigenvalue weighted by atomic mass is 35.5. The van der Waals surface area contributed by atoms with Gasteiger partial charge in [0.05, 0.1) is 0 Å². The van der Waals surface area contributed by atoms with E-state index < -0.39 is 0 Å². The highest BCUT2D eigenvalue weighted by Crippen LogP contribution is 2.40. The summed E-state index contributed by atoms with van der Waals surface area (Å²) in [4.78, 5) is 0. The van der Waals surface area contributed by atoms with Crippen LogP contribution >= 0.6 is 11.6 Å².